The average Bonchev–Trinajstić information content (AvgIpc) is 2.76. The zero-order valence-corrected chi connectivity index (χ0v) is 11.3. The molecule has 106 valence electrons. The van der Waals surface area contributed by atoms with Gasteiger partial charge in [-0.15, -0.1) is 5.10 Å². The Morgan fingerprint density at radius 3 is 2.90 bits per heavy atom. The number of nitrogens with zero attached hydrogens (tertiary/aromatic N) is 3. The first-order valence-electron chi connectivity index (χ1n) is 5.51. The molecule has 0 amide bonds. The van der Waals surface area contributed by atoms with E-state index in [4.69, 9.17) is 5.84 Å². The van der Waals surface area contributed by atoms with Gasteiger partial charge in [0.2, 0.25) is 0 Å². The molecule has 0 radical (unpaired) electrons. The van der Waals surface area contributed by atoms with E-state index in [-0.39, 0.29) is 17.1 Å². The molecule has 0 aliphatic rings. The van der Waals surface area contributed by atoms with E-state index in [2.05, 4.69) is 15.6 Å². The first kappa shape index (κ1) is 14.1. The number of H-pyrrole nitrogens is 1. The highest BCUT2D eigenvalue weighted by Gasteiger charge is 2.17. The summed E-state index contributed by atoms with van der Waals surface area (Å²) in [7, 11) is 1.59. The van der Waals surface area contributed by atoms with Crippen molar-refractivity contribution in [3.05, 3.63) is 44.4 Å². The van der Waals surface area contributed by atoms with E-state index in [1.807, 2.05) is 0 Å². The van der Waals surface area contributed by atoms with Crippen molar-refractivity contribution in [2.75, 3.05) is 5.43 Å². The van der Waals surface area contributed by atoms with Gasteiger partial charge in [-0.1, -0.05) is 23.9 Å². The molecule has 0 spiro atoms. The van der Waals surface area contributed by atoms with Gasteiger partial charge < -0.3 is 5.43 Å². The maximum atomic E-state index is 11.2. The van der Waals surface area contributed by atoms with Crippen molar-refractivity contribution in [3.63, 3.8) is 0 Å². The summed E-state index contributed by atoms with van der Waals surface area (Å²) in [5.74, 6) is 5.74. The highest BCUT2D eigenvalue weighted by molar-refractivity contribution is 7.98. The number of hydrazine groups is 1. The Morgan fingerprint density at radius 1 is 1.60 bits per heavy atom. The third-order valence-electron chi connectivity index (χ3n) is 2.67. The SMILES string of the molecule is Cn1c(SCc2cccc([N+](=O)[O-])c2NN)n[nH]c1=O. The molecule has 1 aromatic heterocycles. The molecule has 2 aromatic rings. The minimum atomic E-state index is -0.506. The van der Waals surface area contributed by atoms with Crippen molar-refractivity contribution >= 4 is 23.1 Å². The van der Waals surface area contributed by atoms with Crippen LogP contribution in [0.3, 0.4) is 0 Å². The van der Waals surface area contributed by atoms with Crippen LogP contribution in [-0.2, 0) is 12.8 Å². The number of benzene rings is 1. The average molecular weight is 296 g/mol. The Bertz CT molecular complexity index is 695. The van der Waals surface area contributed by atoms with Gasteiger partial charge in [0.05, 0.1) is 4.92 Å². The second-order valence-corrected chi connectivity index (χ2v) is 4.81. The van der Waals surface area contributed by atoms with E-state index >= 15 is 0 Å². The number of para-hydroxylation sites is 1. The Morgan fingerprint density at radius 2 is 2.35 bits per heavy atom. The maximum absolute atomic E-state index is 11.2. The number of anilines is 1. The fourth-order valence-corrected chi connectivity index (χ4v) is 2.54. The van der Waals surface area contributed by atoms with E-state index in [1.165, 1.54) is 22.4 Å². The molecule has 10 heteroatoms. The number of nitrogens with one attached hydrogen (secondary N) is 2. The van der Waals surface area contributed by atoms with E-state index < -0.39 is 4.92 Å². The second-order valence-electron chi connectivity index (χ2n) is 3.87. The van der Waals surface area contributed by atoms with Crippen LogP contribution in [0.1, 0.15) is 5.56 Å². The molecule has 1 aromatic carbocycles. The molecule has 9 nitrogen and oxygen atoms in total. The van der Waals surface area contributed by atoms with Crippen molar-refractivity contribution in [2.24, 2.45) is 12.9 Å². The number of nitrogens with two attached hydrogens (primary N) is 1. The van der Waals surface area contributed by atoms with Crippen molar-refractivity contribution < 1.29 is 4.92 Å². The Balaban J connectivity index is 2.25. The normalized spacial score (nSPS) is 10.5. The highest BCUT2D eigenvalue weighted by Crippen LogP contribution is 2.31. The molecular weight excluding hydrogens is 284 g/mol. The van der Waals surface area contributed by atoms with Crippen LogP contribution in [0.2, 0.25) is 0 Å². The lowest BCUT2D eigenvalue weighted by Gasteiger charge is -2.08. The third kappa shape index (κ3) is 2.65. The quantitative estimate of drug-likeness (QED) is 0.318. The smallest absolute Gasteiger partial charge is 0.318 e. The lowest BCUT2D eigenvalue weighted by molar-refractivity contribution is -0.384. The van der Waals surface area contributed by atoms with Crippen LogP contribution in [-0.4, -0.2) is 19.7 Å². The van der Waals surface area contributed by atoms with Gasteiger partial charge in [0.15, 0.2) is 5.16 Å². The largest absolute Gasteiger partial charge is 0.343 e. The fraction of sp³-hybridized carbons (Fsp3) is 0.200. The summed E-state index contributed by atoms with van der Waals surface area (Å²) in [5.41, 5.74) is 2.85. The van der Waals surface area contributed by atoms with Gasteiger partial charge in [0.25, 0.3) is 5.69 Å². The molecule has 1 heterocycles. The van der Waals surface area contributed by atoms with Gasteiger partial charge in [-0.3, -0.25) is 20.5 Å². The van der Waals surface area contributed by atoms with E-state index in [1.54, 1.807) is 19.2 Å². The van der Waals surface area contributed by atoms with Gasteiger partial charge in [-0.2, -0.15) is 0 Å². The summed E-state index contributed by atoms with van der Waals surface area (Å²) in [6.07, 6.45) is 0. The molecule has 2 rings (SSSR count). The topological polar surface area (TPSA) is 132 Å². The minimum Gasteiger partial charge on any atom is -0.318 e. The molecular formula is C10H12N6O3S. The van der Waals surface area contributed by atoms with Crippen molar-refractivity contribution in [1.82, 2.24) is 14.8 Å². The number of aromatic nitrogens is 3. The molecule has 0 aliphatic carbocycles. The zero-order valence-electron chi connectivity index (χ0n) is 10.5. The molecule has 0 unspecified atom stereocenters. The lowest BCUT2D eigenvalue weighted by atomic mass is 10.2. The lowest BCUT2D eigenvalue weighted by Crippen LogP contribution is -2.13. The molecule has 0 saturated heterocycles. The first-order chi connectivity index (χ1) is 9.54. The van der Waals surface area contributed by atoms with Crippen LogP contribution in [0.5, 0.6) is 0 Å². The Hall–Kier alpha value is -2.33. The molecule has 0 atom stereocenters. The minimum absolute atomic E-state index is 0.0958. The number of hydrogen-bond donors (Lipinski definition) is 3. The molecule has 0 saturated carbocycles. The summed E-state index contributed by atoms with van der Waals surface area (Å²) in [4.78, 5) is 21.6. The van der Waals surface area contributed by atoms with E-state index in [0.29, 0.717) is 16.5 Å². The van der Waals surface area contributed by atoms with E-state index in [9.17, 15) is 14.9 Å². The second kappa shape index (κ2) is 5.75. The summed E-state index contributed by atoms with van der Waals surface area (Å²) in [6.45, 7) is 0. The molecule has 0 bridgehead atoms. The predicted molar refractivity (Wildman–Crippen MR) is 74.3 cm³/mol. The van der Waals surface area contributed by atoms with Crippen LogP contribution in [0, 0.1) is 10.1 Å². The van der Waals surface area contributed by atoms with E-state index in [0.717, 1.165) is 0 Å². The van der Waals surface area contributed by atoms with Crippen LogP contribution in [0.25, 0.3) is 0 Å². The molecule has 20 heavy (non-hydrogen) atoms. The molecule has 0 aliphatic heterocycles. The van der Waals surface area contributed by atoms with Gasteiger partial charge in [0.1, 0.15) is 5.69 Å². The fourth-order valence-electron chi connectivity index (χ4n) is 1.63. The van der Waals surface area contributed by atoms with Crippen molar-refractivity contribution in [2.45, 2.75) is 10.9 Å². The van der Waals surface area contributed by atoms with Gasteiger partial charge in [0, 0.05) is 18.9 Å². The third-order valence-corrected chi connectivity index (χ3v) is 3.74. The number of hydrogen-bond acceptors (Lipinski definition) is 7. The highest BCUT2D eigenvalue weighted by atomic mass is 32.2. The van der Waals surface area contributed by atoms with Crippen LogP contribution in [0.4, 0.5) is 11.4 Å². The first-order valence-corrected chi connectivity index (χ1v) is 6.50. The van der Waals surface area contributed by atoms with Crippen molar-refractivity contribution in [3.8, 4) is 0 Å². The Kier molecular flexibility index (Phi) is 4.05. The number of aromatic amines is 1. The number of thioether (sulfide) groups is 1. The Labute approximate surface area is 117 Å². The zero-order chi connectivity index (χ0) is 14.7. The number of nitro benzene ring substituents is 1. The number of nitro groups is 1. The van der Waals surface area contributed by atoms with Crippen LogP contribution >= 0.6 is 11.8 Å². The monoisotopic (exact) mass is 296 g/mol. The maximum Gasteiger partial charge on any atom is 0.343 e. The van der Waals surface area contributed by atoms with Gasteiger partial charge in [-0.05, 0) is 5.56 Å². The summed E-state index contributed by atoms with van der Waals surface area (Å²) in [6, 6.07) is 4.67. The summed E-state index contributed by atoms with van der Waals surface area (Å²) in [5, 5.41) is 17.6. The van der Waals surface area contributed by atoms with Gasteiger partial charge >= 0.3 is 5.69 Å². The number of rotatable bonds is 5. The van der Waals surface area contributed by atoms with Gasteiger partial charge in [-0.25, -0.2) is 9.89 Å². The molecule has 0 fully saturated rings. The van der Waals surface area contributed by atoms with Crippen LogP contribution in [0.15, 0.2) is 28.2 Å². The number of nitrogen functional groups attached to an aromatic ring is 1. The summed E-state index contributed by atoms with van der Waals surface area (Å²) < 4.78 is 1.36. The summed E-state index contributed by atoms with van der Waals surface area (Å²) >= 11 is 1.27. The van der Waals surface area contributed by atoms with Crippen LogP contribution < -0.4 is 17.0 Å². The predicted octanol–water partition coefficient (Wildman–Crippen LogP) is 0.595. The molecule has 4 N–H and O–H groups in total. The standard InChI is InChI=1S/C10H12N6O3S/c1-15-9(17)13-14-10(15)20-5-6-3-2-4-7(16(18)19)8(6)12-11/h2-4,12H,5,11H2,1H3,(H,13,17). The van der Waals surface area contributed by atoms with Crippen molar-refractivity contribution in [1.29, 1.82) is 0 Å².